The largest absolute Gasteiger partial charge is 0.467 e. The number of rotatable bonds is 3. The summed E-state index contributed by atoms with van der Waals surface area (Å²) in [4.78, 5) is 31.5. The van der Waals surface area contributed by atoms with Crippen LogP contribution in [-0.4, -0.2) is 47.8 Å². The fourth-order valence-electron chi connectivity index (χ4n) is 4.24. The third-order valence-corrected chi connectivity index (χ3v) is 6.07. The predicted octanol–water partition coefficient (Wildman–Crippen LogP) is 2.68. The number of methoxy groups -OCH3 is 1. The predicted molar refractivity (Wildman–Crippen MR) is 96.0 cm³/mol. The number of likely N-dealkylation sites (tertiary alicyclic amines) is 1. The van der Waals surface area contributed by atoms with E-state index in [4.69, 9.17) is 21.2 Å². The van der Waals surface area contributed by atoms with E-state index in [1.54, 1.807) is 0 Å². The molecule has 0 radical (unpaired) electrons. The Labute approximate surface area is 157 Å². The Morgan fingerprint density at radius 2 is 2.00 bits per heavy atom. The minimum Gasteiger partial charge on any atom is -0.467 e. The number of esters is 1. The molecule has 1 amide bonds. The zero-order valence-corrected chi connectivity index (χ0v) is 15.6. The van der Waals surface area contributed by atoms with Crippen molar-refractivity contribution in [1.82, 2.24) is 4.90 Å². The molecule has 138 valence electrons. The number of amides is 1. The van der Waals surface area contributed by atoms with Crippen molar-refractivity contribution in [3.63, 3.8) is 0 Å². The van der Waals surface area contributed by atoms with Crippen LogP contribution in [0.25, 0.3) is 0 Å². The zero-order valence-electron chi connectivity index (χ0n) is 14.8. The van der Waals surface area contributed by atoms with Crippen molar-refractivity contribution in [3.05, 3.63) is 34.9 Å². The standard InChI is InChI=1S/C19H21ClN2O4/c1-12(23)22-11-18(9-15(22)17(24)25-2)10-16(21-26-18)19(7-8-19)13-3-5-14(20)6-4-13/h3-6,15H,7-11H2,1-2H3/t15-,18?/m0/s1. The second-order valence-corrected chi connectivity index (χ2v) is 7.90. The van der Waals surface area contributed by atoms with Gasteiger partial charge in [-0.2, -0.15) is 0 Å². The molecule has 7 heteroatoms. The summed E-state index contributed by atoms with van der Waals surface area (Å²) in [5.41, 5.74) is 1.45. The van der Waals surface area contributed by atoms with Crippen LogP contribution in [0, 0.1) is 0 Å². The molecule has 1 spiro atoms. The summed E-state index contributed by atoms with van der Waals surface area (Å²) in [5.74, 6) is -0.568. The lowest BCUT2D eigenvalue weighted by Crippen LogP contribution is -2.40. The van der Waals surface area contributed by atoms with Crippen molar-refractivity contribution < 1.29 is 19.2 Å². The van der Waals surface area contributed by atoms with Gasteiger partial charge >= 0.3 is 5.97 Å². The van der Waals surface area contributed by atoms with Gasteiger partial charge in [-0.1, -0.05) is 28.9 Å². The van der Waals surface area contributed by atoms with Gasteiger partial charge in [0.25, 0.3) is 0 Å². The van der Waals surface area contributed by atoms with Gasteiger partial charge in [-0.15, -0.1) is 0 Å². The molecule has 1 saturated heterocycles. The fraction of sp³-hybridized carbons (Fsp3) is 0.526. The number of benzene rings is 1. The van der Waals surface area contributed by atoms with Crippen molar-refractivity contribution >= 4 is 29.2 Å². The number of hydrogen-bond acceptors (Lipinski definition) is 5. The lowest BCUT2D eigenvalue weighted by Gasteiger charge is -2.22. The molecule has 2 atom stereocenters. The summed E-state index contributed by atoms with van der Waals surface area (Å²) >= 11 is 6.01. The second kappa shape index (κ2) is 5.98. The van der Waals surface area contributed by atoms with Gasteiger partial charge in [0.05, 0.1) is 19.4 Å². The Hall–Kier alpha value is -2.08. The first-order valence-electron chi connectivity index (χ1n) is 8.76. The monoisotopic (exact) mass is 376 g/mol. The third kappa shape index (κ3) is 2.67. The summed E-state index contributed by atoms with van der Waals surface area (Å²) in [6.45, 7) is 1.81. The van der Waals surface area contributed by atoms with E-state index in [0.717, 1.165) is 18.6 Å². The molecule has 2 heterocycles. The molecule has 4 rings (SSSR count). The van der Waals surface area contributed by atoms with Crippen LogP contribution in [0.3, 0.4) is 0 Å². The molecular weight excluding hydrogens is 356 g/mol. The van der Waals surface area contributed by atoms with Gasteiger partial charge in [0, 0.05) is 30.2 Å². The van der Waals surface area contributed by atoms with E-state index in [-0.39, 0.29) is 11.3 Å². The van der Waals surface area contributed by atoms with Gasteiger partial charge < -0.3 is 14.5 Å². The Bertz CT molecular complexity index is 787. The van der Waals surface area contributed by atoms with E-state index in [9.17, 15) is 9.59 Å². The van der Waals surface area contributed by atoms with Crippen LogP contribution >= 0.6 is 11.6 Å². The van der Waals surface area contributed by atoms with Crippen molar-refractivity contribution in [2.45, 2.75) is 49.7 Å². The summed E-state index contributed by atoms with van der Waals surface area (Å²) in [7, 11) is 1.34. The van der Waals surface area contributed by atoms with Crippen LogP contribution in [-0.2, 0) is 24.6 Å². The van der Waals surface area contributed by atoms with E-state index in [2.05, 4.69) is 5.16 Å². The molecule has 2 aliphatic heterocycles. The highest BCUT2D eigenvalue weighted by Crippen LogP contribution is 2.54. The van der Waals surface area contributed by atoms with Crippen molar-refractivity contribution in [1.29, 1.82) is 0 Å². The molecule has 26 heavy (non-hydrogen) atoms. The van der Waals surface area contributed by atoms with Gasteiger partial charge in [-0.05, 0) is 30.5 Å². The molecule has 3 aliphatic rings. The first kappa shape index (κ1) is 17.3. The normalized spacial score (nSPS) is 28.7. The molecule has 0 aromatic heterocycles. The zero-order chi connectivity index (χ0) is 18.5. The van der Waals surface area contributed by atoms with Crippen LogP contribution in [0.1, 0.15) is 38.2 Å². The molecule has 1 saturated carbocycles. The highest BCUT2D eigenvalue weighted by molar-refractivity contribution is 6.30. The molecule has 1 aromatic rings. The van der Waals surface area contributed by atoms with Gasteiger partial charge in [-0.25, -0.2) is 4.79 Å². The fourth-order valence-corrected chi connectivity index (χ4v) is 4.36. The summed E-state index contributed by atoms with van der Waals surface area (Å²) < 4.78 is 4.87. The van der Waals surface area contributed by atoms with Crippen molar-refractivity contribution in [2.24, 2.45) is 5.16 Å². The number of carbonyl (C=O) groups excluding carboxylic acids is 2. The van der Waals surface area contributed by atoms with Gasteiger partial charge in [-0.3, -0.25) is 4.79 Å². The molecule has 1 aliphatic carbocycles. The second-order valence-electron chi connectivity index (χ2n) is 7.47. The Morgan fingerprint density at radius 3 is 2.58 bits per heavy atom. The highest BCUT2D eigenvalue weighted by atomic mass is 35.5. The number of carbonyl (C=O) groups is 2. The Kier molecular flexibility index (Phi) is 3.99. The summed E-state index contributed by atoms with van der Waals surface area (Å²) in [5, 5.41) is 5.12. The van der Waals surface area contributed by atoms with E-state index >= 15 is 0 Å². The smallest absolute Gasteiger partial charge is 0.328 e. The van der Waals surface area contributed by atoms with Crippen LogP contribution in [0.5, 0.6) is 0 Å². The van der Waals surface area contributed by atoms with Gasteiger partial charge in [0.2, 0.25) is 5.91 Å². The van der Waals surface area contributed by atoms with Gasteiger partial charge in [0.1, 0.15) is 6.04 Å². The van der Waals surface area contributed by atoms with Crippen LogP contribution in [0.4, 0.5) is 0 Å². The number of ether oxygens (including phenoxy) is 1. The molecule has 2 fully saturated rings. The maximum atomic E-state index is 12.1. The first-order chi connectivity index (χ1) is 12.4. The lowest BCUT2D eigenvalue weighted by molar-refractivity contribution is -0.150. The highest BCUT2D eigenvalue weighted by Gasteiger charge is 2.59. The minimum atomic E-state index is -0.637. The molecule has 0 N–H and O–H groups in total. The maximum absolute atomic E-state index is 12.1. The Morgan fingerprint density at radius 1 is 1.31 bits per heavy atom. The third-order valence-electron chi connectivity index (χ3n) is 5.82. The topological polar surface area (TPSA) is 68.2 Å². The van der Waals surface area contributed by atoms with Crippen LogP contribution in [0.15, 0.2) is 29.4 Å². The van der Waals surface area contributed by atoms with Crippen LogP contribution < -0.4 is 0 Å². The van der Waals surface area contributed by atoms with Crippen LogP contribution in [0.2, 0.25) is 5.02 Å². The Balaban J connectivity index is 1.55. The lowest BCUT2D eigenvalue weighted by atomic mass is 9.83. The summed E-state index contributed by atoms with van der Waals surface area (Å²) in [6.07, 6.45) is 3.06. The first-order valence-corrected chi connectivity index (χ1v) is 9.14. The van der Waals surface area contributed by atoms with E-state index in [1.165, 1.54) is 24.5 Å². The number of oxime groups is 1. The SMILES string of the molecule is COC(=O)[C@@H]1CC2(CC(C3(c4ccc(Cl)cc4)CC3)=NO2)CN1C(C)=O. The quantitative estimate of drug-likeness (QED) is 0.760. The maximum Gasteiger partial charge on any atom is 0.328 e. The molecular formula is C19H21ClN2O4. The molecule has 1 aromatic carbocycles. The molecule has 0 bridgehead atoms. The van der Waals surface area contributed by atoms with Crippen molar-refractivity contribution in [2.75, 3.05) is 13.7 Å². The van der Waals surface area contributed by atoms with E-state index in [0.29, 0.717) is 24.4 Å². The number of halogens is 1. The van der Waals surface area contributed by atoms with Gasteiger partial charge in [0.15, 0.2) is 5.60 Å². The minimum absolute atomic E-state index is 0.0987. The average Bonchev–Trinajstić information content (AvgIpc) is 3.19. The average molecular weight is 377 g/mol. The molecule has 6 nitrogen and oxygen atoms in total. The molecule has 1 unspecified atom stereocenters. The number of nitrogens with zero attached hydrogens (tertiary/aromatic N) is 2. The van der Waals surface area contributed by atoms with E-state index < -0.39 is 17.6 Å². The summed E-state index contributed by atoms with van der Waals surface area (Å²) in [6, 6.07) is 7.25. The van der Waals surface area contributed by atoms with E-state index in [1.807, 2.05) is 24.3 Å². The number of hydrogen-bond donors (Lipinski definition) is 0. The van der Waals surface area contributed by atoms with Crippen molar-refractivity contribution in [3.8, 4) is 0 Å².